The van der Waals surface area contributed by atoms with Crippen molar-refractivity contribution in [3.63, 3.8) is 0 Å². The van der Waals surface area contributed by atoms with Crippen LogP contribution in [0, 0.1) is 11.2 Å². The van der Waals surface area contributed by atoms with E-state index in [1.807, 2.05) is 4.90 Å². The highest BCUT2D eigenvalue weighted by atomic mass is 19.1. The lowest BCUT2D eigenvalue weighted by Crippen LogP contribution is -2.53. The van der Waals surface area contributed by atoms with Crippen molar-refractivity contribution >= 4 is 11.8 Å². The van der Waals surface area contributed by atoms with E-state index in [1.54, 1.807) is 12.0 Å². The van der Waals surface area contributed by atoms with Crippen molar-refractivity contribution < 1.29 is 18.7 Å². The second kappa shape index (κ2) is 7.47. The van der Waals surface area contributed by atoms with Gasteiger partial charge in [0.2, 0.25) is 5.91 Å². The molecule has 0 atom stereocenters. The zero-order chi connectivity index (χ0) is 17.9. The minimum atomic E-state index is -0.582. The molecule has 0 N–H and O–H groups in total. The number of amides is 2. The quantitative estimate of drug-likeness (QED) is 0.830. The van der Waals surface area contributed by atoms with Crippen LogP contribution < -0.4 is 0 Å². The minimum Gasteiger partial charge on any atom is -0.383 e. The van der Waals surface area contributed by atoms with Gasteiger partial charge in [-0.3, -0.25) is 14.6 Å². The topological polar surface area (TPSA) is 62.7 Å². The molecule has 0 aliphatic carbocycles. The Kier molecular flexibility index (Phi) is 5.32. The van der Waals surface area contributed by atoms with Crippen LogP contribution >= 0.6 is 0 Å². The lowest BCUT2D eigenvalue weighted by molar-refractivity contribution is -0.139. The molecule has 2 amide bonds. The van der Waals surface area contributed by atoms with Gasteiger partial charge >= 0.3 is 0 Å². The summed E-state index contributed by atoms with van der Waals surface area (Å²) in [5.41, 5.74) is 0.140. The molecule has 2 aliphatic rings. The number of methoxy groups -OCH3 is 1. The SMILES string of the molecule is COCCN1CC2(CCC1=O)CCN(C(=O)c1ccncc1F)CC2. The van der Waals surface area contributed by atoms with E-state index >= 15 is 0 Å². The van der Waals surface area contributed by atoms with Crippen LogP contribution in [0.1, 0.15) is 36.0 Å². The highest BCUT2D eigenvalue weighted by Crippen LogP contribution is 2.40. The van der Waals surface area contributed by atoms with Gasteiger partial charge in [-0.2, -0.15) is 0 Å². The van der Waals surface area contributed by atoms with Crippen LogP contribution in [-0.4, -0.2) is 66.5 Å². The Labute approximate surface area is 147 Å². The highest BCUT2D eigenvalue weighted by Gasteiger charge is 2.41. The molecule has 3 rings (SSSR count). The number of rotatable bonds is 4. The zero-order valence-corrected chi connectivity index (χ0v) is 14.5. The minimum absolute atomic E-state index is 0.0647. The first-order valence-corrected chi connectivity index (χ1v) is 8.70. The lowest BCUT2D eigenvalue weighted by Gasteiger charge is -2.47. The molecule has 2 aliphatic heterocycles. The van der Waals surface area contributed by atoms with E-state index in [0.29, 0.717) is 32.7 Å². The van der Waals surface area contributed by atoms with E-state index in [4.69, 9.17) is 4.74 Å². The number of halogens is 1. The third-order valence-electron chi connectivity index (χ3n) is 5.43. The van der Waals surface area contributed by atoms with Crippen molar-refractivity contribution in [3.05, 3.63) is 29.8 Å². The molecule has 2 saturated heterocycles. The number of carbonyl (C=O) groups is 2. The van der Waals surface area contributed by atoms with Gasteiger partial charge in [0, 0.05) is 45.9 Å². The molecule has 7 heteroatoms. The third-order valence-corrected chi connectivity index (χ3v) is 5.43. The van der Waals surface area contributed by atoms with Crippen molar-refractivity contribution in [2.45, 2.75) is 25.7 Å². The molecular formula is C18H24FN3O3. The average molecular weight is 349 g/mol. The molecule has 0 radical (unpaired) electrons. The number of piperidine rings is 2. The van der Waals surface area contributed by atoms with E-state index in [0.717, 1.165) is 32.0 Å². The van der Waals surface area contributed by atoms with Crippen molar-refractivity contribution in [2.24, 2.45) is 5.41 Å². The fraction of sp³-hybridized carbons (Fsp3) is 0.611. The van der Waals surface area contributed by atoms with Gasteiger partial charge in [0.25, 0.3) is 5.91 Å². The second-order valence-corrected chi connectivity index (χ2v) is 6.96. The normalized spacial score (nSPS) is 20.2. The van der Waals surface area contributed by atoms with Gasteiger partial charge in [-0.15, -0.1) is 0 Å². The van der Waals surface area contributed by atoms with Crippen molar-refractivity contribution in [1.29, 1.82) is 0 Å². The average Bonchev–Trinajstić information content (AvgIpc) is 2.63. The molecule has 1 aromatic heterocycles. The van der Waals surface area contributed by atoms with Crippen LogP contribution in [0.15, 0.2) is 18.5 Å². The van der Waals surface area contributed by atoms with E-state index in [1.165, 1.54) is 12.3 Å². The van der Waals surface area contributed by atoms with Crippen molar-refractivity contribution in [2.75, 3.05) is 39.9 Å². The van der Waals surface area contributed by atoms with Gasteiger partial charge in [-0.05, 0) is 30.7 Å². The molecule has 1 aromatic rings. The summed E-state index contributed by atoms with van der Waals surface area (Å²) >= 11 is 0. The highest BCUT2D eigenvalue weighted by molar-refractivity contribution is 5.94. The van der Waals surface area contributed by atoms with Crippen LogP contribution in [0.2, 0.25) is 0 Å². The predicted molar refractivity (Wildman–Crippen MR) is 89.5 cm³/mol. The molecule has 1 spiro atoms. The Morgan fingerprint density at radius 3 is 2.80 bits per heavy atom. The number of likely N-dealkylation sites (tertiary alicyclic amines) is 2. The van der Waals surface area contributed by atoms with Crippen LogP contribution in [-0.2, 0) is 9.53 Å². The fourth-order valence-electron chi connectivity index (χ4n) is 3.82. The fourth-order valence-corrected chi connectivity index (χ4v) is 3.82. The first kappa shape index (κ1) is 17.8. The molecule has 0 bridgehead atoms. The van der Waals surface area contributed by atoms with Gasteiger partial charge in [0.15, 0.2) is 5.82 Å². The maximum absolute atomic E-state index is 13.8. The van der Waals surface area contributed by atoms with Gasteiger partial charge in [-0.1, -0.05) is 0 Å². The third kappa shape index (κ3) is 3.81. The van der Waals surface area contributed by atoms with Gasteiger partial charge in [-0.25, -0.2) is 4.39 Å². The Bertz CT molecular complexity index is 644. The van der Waals surface area contributed by atoms with E-state index in [9.17, 15) is 14.0 Å². The lowest BCUT2D eigenvalue weighted by atomic mass is 9.72. The summed E-state index contributed by atoms with van der Waals surface area (Å²) in [5, 5.41) is 0. The number of nitrogens with zero attached hydrogens (tertiary/aromatic N) is 3. The van der Waals surface area contributed by atoms with Crippen LogP contribution in [0.3, 0.4) is 0 Å². The molecule has 0 saturated carbocycles. The molecule has 136 valence electrons. The van der Waals surface area contributed by atoms with E-state index in [-0.39, 0.29) is 22.8 Å². The second-order valence-electron chi connectivity index (χ2n) is 6.96. The molecular weight excluding hydrogens is 325 g/mol. The molecule has 0 aromatic carbocycles. The molecule has 6 nitrogen and oxygen atoms in total. The summed E-state index contributed by atoms with van der Waals surface area (Å²) in [6, 6.07) is 1.42. The van der Waals surface area contributed by atoms with E-state index in [2.05, 4.69) is 4.98 Å². The standard InChI is InChI=1S/C18H24FN3O3/c1-25-11-10-22-13-18(4-2-16(22)23)5-8-21(9-6-18)17(24)14-3-7-20-12-15(14)19/h3,7,12H,2,4-6,8-11,13H2,1H3. The number of ether oxygens (including phenoxy) is 1. The number of pyridine rings is 1. The van der Waals surface area contributed by atoms with Crippen molar-refractivity contribution in [1.82, 2.24) is 14.8 Å². The first-order valence-electron chi connectivity index (χ1n) is 8.70. The largest absolute Gasteiger partial charge is 0.383 e. The van der Waals surface area contributed by atoms with Crippen molar-refractivity contribution in [3.8, 4) is 0 Å². The molecule has 25 heavy (non-hydrogen) atoms. The summed E-state index contributed by atoms with van der Waals surface area (Å²) in [4.78, 5) is 31.9. The monoisotopic (exact) mass is 349 g/mol. The number of aromatic nitrogens is 1. The number of hydrogen-bond acceptors (Lipinski definition) is 4. The summed E-state index contributed by atoms with van der Waals surface area (Å²) in [5.74, 6) is -0.681. The Morgan fingerprint density at radius 1 is 1.36 bits per heavy atom. The summed E-state index contributed by atoms with van der Waals surface area (Å²) in [7, 11) is 1.63. The Balaban J connectivity index is 1.62. The predicted octanol–water partition coefficient (Wildman–Crippen LogP) is 1.71. The first-order chi connectivity index (χ1) is 12.0. The maximum Gasteiger partial charge on any atom is 0.256 e. The van der Waals surface area contributed by atoms with Gasteiger partial charge in [0.1, 0.15) is 0 Å². The van der Waals surface area contributed by atoms with Gasteiger partial charge in [0.05, 0.1) is 18.4 Å². The number of carbonyl (C=O) groups excluding carboxylic acids is 2. The number of hydrogen-bond donors (Lipinski definition) is 0. The van der Waals surface area contributed by atoms with Crippen LogP contribution in [0.25, 0.3) is 0 Å². The van der Waals surface area contributed by atoms with Crippen LogP contribution in [0.5, 0.6) is 0 Å². The maximum atomic E-state index is 13.8. The smallest absolute Gasteiger partial charge is 0.256 e. The van der Waals surface area contributed by atoms with E-state index < -0.39 is 5.82 Å². The summed E-state index contributed by atoms with van der Waals surface area (Å²) < 4.78 is 18.9. The summed E-state index contributed by atoms with van der Waals surface area (Å²) in [6.07, 6.45) is 5.59. The Hall–Kier alpha value is -2.02. The summed E-state index contributed by atoms with van der Waals surface area (Å²) in [6.45, 7) is 3.05. The Morgan fingerprint density at radius 2 is 2.12 bits per heavy atom. The molecule has 3 heterocycles. The molecule has 0 unspecified atom stereocenters. The zero-order valence-electron chi connectivity index (χ0n) is 14.5. The molecule has 2 fully saturated rings. The van der Waals surface area contributed by atoms with Crippen LogP contribution in [0.4, 0.5) is 4.39 Å². The van der Waals surface area contributed by atoms with Gasteiger partial charge < -0.3 is 14.5 Å².